The molecule has 242 valence electrons. The van der Waals surface area contributed by atoms with Crippen LogP contribution in [0.1, 0.15) is 61.0 Å². The zero-order valence-corrected chi connectivity index (χ0v) is 27.9. The highest BCUT2D eigenvalue weighted by Gasteiger charge is 2.24. The molecule has 4 rings (SSSR count). The summed E-state index contributed by atoms with van der Waals surface area (Å²) >= 11 is 0. The van der Waals surface area contributed by atoms with E-state index in [2.05, 4.69) is 109 Å². The third-order valence-corrected chi connectivity index (χ3v) is 8.23. The fraction of sp³-hybridized carbons (Fsp3) is 0.300. The van der Waals surface area contributed by atoms with Crippen LogP contribution in [0.3, 0.4) is 0 Å². The van der Waals surface area contributed by atoms with Gasteiger partial charge in [0.2, 0.25) is 0 Å². The Balaban J connectivity index is 1.63. The Morgan fingerprint density at radius 1 is 0.500 bits per heavy atom. The molecule has 0 saturated carbocycles. The largest absolute Gasteiger partial charge is 0.493 e. The first-order chi connectivity index (χ1) is 22.4. The van der Waals surface area contributed by atoms with Crippen LogP contribution in [0.4, 0.5) is 0 Å². The molecule has 46 heavy (non-hydrogen) atoms. The van der Waals surface area contributed by atoms with E-state index in [1.54, 1.807) is 28.4 Å². The molecule has 6 heteroatoms. The number of hydrogen-bond acceptors (Lipinski definition) is 6. The summed E-state index contributed by atoms with van der Waals surface area (Å²) in [4.78, 5) is 0. The van der Waals surface area contributed by atoms with Crippen molar-refractivity contribution in [2.75, 3.05) is 28.4 Å². The maximum Gasteiger partial charge on any atom is 0.161 e. The molecule has 0 saturated heterocycles. The first kappa shape index (κ1) is 34.4. The van der Waals surface area contributed by atoms with Gasteiger partial charge in [0.05, 0.1) is 28.4 Å². The lowest BCUT2D eigenvalue weighted by Gasteiger charge is -2.33. The Hall–Kier alpha value is -4.52. The molecule has 0 aliphatic heterocycles. The Morgan fingerprint density at radius 2 is 0.870 bits per heavy atom. The summed E-state index contributed by atoms with van der Waals surface area (Å²) in [6.45, 7) is 4.47. The second-order valence-electron chi connectivity index (χ2n) is 11.3. The van der Waals surface area contributed by atoms with Gasteiger partial charge in [-0.2, -0.15) is 0 Å². The SMILES string of the molecule is COc1ccc(/C=C/C[C@@H](N[C@@H](C)c2ccccc2)[C@@H](C/C=C/c2ccc(OC)c(OC)c2)N[C@@H](C)c2ccccc2)cc1OC. The number of ether oxygens (including phenoxy) is 4. The van der Waals surface area contributed by atoms with Crippen molar-refractivity contribution < 1.29 is 18.9 Å². The lowest BCUT2D eigenvalue weighted by Crippen LogP contribution is -2.49. The highest BCUT2D eigenvalue weighted by Crippen LogP contribution is 2.29. The van der Waals surface area contributed by atoms with Crippen molar-refractivity contribution in [2.24, 2.45) is 0 Å². The quantitative estimate of drug-likeness (QED) is 0.123. The molecular formula is C40H48N2O4. The van der Waals surface area contributed by atoms with E-state index in [4.69, 9.17) is 18.9 Å². The molecule has 0 unspecified atom stereocenters. The molecule has 0 fully saturated rings. The van der Waals surface area contributed by atoms with Crippen LogP contribution in [-0.2, 0) is 0 Å². The van der Waals surface area contributed by atoms with Crippen LogP contribution in [0, 0.1) is 0 Å². The number of rotatable bonds is 17. The molecule has 4 aromatic carbocycles. The molecule has 0 amide bonds. The molecule has 0 radical (unpaired) electrons. The van der Waals surface area contributed by atoms with Gasteiger partial charge in [-0.3, -0.25) is 0 Å². The van der Waals surface area contributed by atoms with Gasteiger partial charge in [0.1, 0.15) is 0 Å². The highest BCUT2D eigenvalue weighted by atomic mass is 16.5. The van der Waals surface area contributed by atoms with Crippen LogP contribution >= 0.6 is 0 Å². The third-order valence-electron chi connectivity index (χ3n) is 8.23. The molecule has 0 bridgehead atoms. The van der Waals surface area contributed by atoms with Crippen molar-refractivity contribution in [1.29, 1.82) is 0 Å². The third kappa shape index (κ3) is 9.74. The normalized spacial score (nSPS) is 14.1. The van der Waals surface area contributed by atoms with Crippen LogP contribution in [-0.4, -0.2) is 40.5 Å². The Labute approximate surface area is 275 Å². The number of hydrogen-bond donors (Lipinski definition) is 2. The van der Waals surface area contributed by atoms with Crippen molar-refractivity contribution in [3.8, 4) is 23.0 Å². The fourth-order valence-corrected chi connectivity index (χ4v) is 5.63. The number of methoxy groups -OCH3 is 4. The molecular weight excluding hydrogens is 572 g/mol. The second kappa shape index (κ2) is 17.8. The summed E-state index contributed by atoms with van der Waals surface area (Å²) in [6, 6.07) is 33.8. The van der Waals surface area contributed by atoms with Crippen molar-refractivity contribution >= 4 is 12.2 Å². The van der Waals surface area contributed by atoms with E-state index in [1.165, 1.54) is 11.1 Å². The molecule has 6 nitrogen and oxygen atoms in total. The molecule has 0 spiro atoms. The van der Waals surface area contributed by atoms with E-state index in [9.17, 15) is 0 Å². The van der Waals surface area contributed by atoms with E-state index >= 15 is 0 Å². The van der Waals surface area contributed by atoms with Gasteiger partial charge < -0.3 is 29.6 Å². The lowest BCUT2D eigenvalue weighted by molar-refractivity contribution is 0.324. The van der Waals surface area contributed by atoms with Gasteiger partial charge in [-0.05, 0) is 73.2 Å². The molecule has 0 aromatic heterocycles. The van der Waals surface area contributed by atoms with Gasteiger partial charge in [0, 0.05) is 24.2 Å². The summed E-state index contributed by atoms with van der Waals surface area (Å²) in [5.41, 5.74) is 4.63. The summed E-state index contributed by atoms with van der Waals surface area (Å²) in [7, 11) is 6.63. The van der Waals surface area contributed by atoms with E-state index in [-0.39, 0.29) is 24.2 Å². The first-order valence-electron chi connectivity index (χ1n) is 15.8. The average molecular weight is 621 g/mol. The van der Waals surface area contributed by atoms with E-state index in [1.807, 2.05) is 36.4 Å². The van der Waals surface area contributed by atoms with Gasteiger partial charge in [-0.25, -0.2) is 0 Å². The monoisotopic (exact) mass is 620 g/mol. The first-order valence-corrected chi connectivity index (χ1v) is 15.8. The van der Waals surface area contributed by atoms with E-state index in [0.717, 1.165) is 35.5 Å². The van der Waals surface area contributed by atoms with Crippen LogP contribution in [0.5, 0.6) is 23.0 Å². The average Bonchev–Trinajstić information content (AvgIpc) is 3.11. The molecule has 0 heterocycles. The summed E-state index contributed by atoms with van der Waals surface area (Å²) in [6.07, 6.45) is 10.4. The molecule has 0 aliphatic carbocycles. The van der Waals surface area contributed by atoms with Gasteiger partial charge in [-0.1, -0.05) is 97.1 Å². The Morgan fingerprint density at radius 3 is 1.22 bits per heavy atom. The number of benzene rings is 4. The summed E-state index contributed by atoms with van der Waals surface area (Å²) in [5, 5.41) is 7.94. The lowest BCUT2D eigenvalue weighted by atomic mass is 9.95. The van der Waals surface area contributed by atoms with Crippen molar-refractivity contribution in [2.45, 2.75) is 50.9 Å². The minimum absolute atomic E-state index is 0.118. The van der Waals surface area contributed by atoms with Crippen LogP contribution in [0.2, 0.25) is 0 Å². The summed E-state index contributed by atoms with van der Waals surface area (Å²) in [5.74, 6) is 2.87. The maximum absolute atomic E-state index is 5.53. The fourth-order valence-electron chi connectivity index (χ4n) is 5.63. The van der Waals surface area contributed by atoms with Gasteiger partial charge in [-0.15, -0.1) is 0 Å². The molecule has 0 aliphatic rings. The standard InChI is InChI=1S/C40H48N2O4/c1-29(33-17-9-7-10-18-33)41-35(21-13-15-31-23-25-37(43-3)39(27-31)45-5)36(42-30(2)34-19-11-8-12-20-34)22-14-16-32-24-26-38(44-4)40(28-32)46-6/h7-20,23-30,35-36,41-42H,21-22H2,1-6H3/b15-13+,16-14+/t29-,30-,35+,36+/m0/s1. The topological polar surface area (TPSA) is 61.0 Å². The van der Waals surface area contributed by atoms with Crippen LogP contribution in [0.15, 0.2) is 109 Å². The van der Waals surface area contributed by atoms with Crippen LogP contribution in [0.25, 0.3) is 12.2 Å². The smallest absolute Gasteiger partial charge is 0.161 e. The van der Waals surface area contributed by atoms with Gasteiger partial charge >= 0.3 is 0 Å². The number of nitrogens with one attached hydrogen (secondary N) is 2. The minimum atomic E-state index is 0.118. The highest BCUT2D eigenvalue weighted by molar-refractivity contribution is 5.57. The van der Waals surface area contributed by atoms with E-state index in [0.29, 0.717) is 11.5 Å². The Kier molecular flexibility index (Phi) is 13.3. The van der Waals surface area contributed by atoms with E-state index < -0.39 is 0 Å². The second-order valence-corrected chi connectivity index (χ2v) is 11.3. The predicted molar refractivity (Wildman–Crippen MR) is 190 cm³/mol. The van der Waals surface area contributed by atoms with Crippen molar-refractivity contribution in [3.05, 3.63) is 131 Å². The van der Waals surface area contributed by atoms with Crippen LogP contribution < -0.4 is 29.6 Å². The maximum atomic E-state index is 5.53. The summed E-state index contributed by atoms with van der Waals surface area (Å²) < 4.78 is 21.9. The molecule has 4 atom stereocenters. The van der Waals surface area contributed by atoms with Gasteiger partial charge in [0.15, 0.2) is 23.0 Å². The van der Waals surface area contributed by atoms with Crippen molar-refractivity contribution in [1.82, 2.24) is 10.6 Å². The molecule has 4 aromatic rings. The van der Waals surface area contributed by atoms with Gasteiger partial charge in [0.25, 0.3) is 0 Å². The Bertz CT molecular complexity index is 1420. The predicted octanol–water partition coefficient (Wildman–Crippen LogP) is 8.67. The molecule has 2 N–H and O–H groups in total. The zero-order chi connectivity index (χ0) is 32.7. The zero-order valence-electron chi connectivity index (χ0n) is 27.9. The minimum Gasteiger partial charge on any atom is -0.493 e. The van der Waals surface area contributed by atoms with Crippen molar-refractivity contribution in [3.63, 3.8) is 0 Å².